The fourth-order valence-corrected chi connectivity index (χ4v) is 4.90. The van der Waals surface area contributed by atoms with Gasteiger partial charge in [0.25, 0.3) is 5.69 Å². The fourth-order valence-electron chi connectivity index (χ4n) is 3.12. The SMILES string of the molecule is COC(=O)c1c(NC(=S)Nc2ccc([N+](=O)[O-])cc2Cl)sc2c1CCCCC2. The predicted molar refractivity (Wildman–Crippen MR) is 115 cm³/mol. The number of halogens is 1. The van der Waals surface area contributed by atoms with Crippen molar-refractivity contribution in [3.8, 4) is 0 Å². The van der Waals surface area contributed by atoms with E-state index in [-0.39, 0.29) is 15.8 Å². The molecule has 10 heteroatoms. The van der Waals surface area contributed by atoms with Gasteiger partial charge in [-0.15, -0.1) is 11.3 Å². The van der Waals surface area contributed by atoms with Gasteiger partial charge in [-0.05, 0) is 49.5 Å². The van der Waals surface area contributed by atoms with Crippen LogP contribution in [0.4, 0.5) is 16.4 Å². The molecule has 2 aromatic rings. The number of non-ortho nitro benzene ring substituents is 1. The molecule has 0 aliphatic heterocycles. The van der Waals surface area contributed by atoms with Gasteiger partial charge in [-0.25, -0.2) is 4.79 Å². The van der Waals surface area contributed by atoms with Crippen molar-refractivity contribution in [2.45, 2.75) is 32.1 Å². The largest absolute Gasteiger partial charge is 0.465 e. The fraction of sp³-hybridized carbons (Fsp3) is 0.333. The van der Waals surface area contributed by atoms with E-state index in [9.17, 15) is 14.9 Å². The van der Waals surface area contributed by atoms with Crippen molar-refractivity contribution < 1.29 is 14.5 Å². The third-order valence-electron chi connectivity index (χ3n) is 4.45. The van der Waals surface area contributed by atoms with Crippen LogP contribution >= 0.6 is 35.2 Å². The zero-order chi connectivity index (χ0) is 20.3. The minimum atomic E-state index is -0.520. The van der Waals surface area contributed by atoms with E-state index >= 15 is 0 Å². The molecule has 0 spiro atoms. The Morgan fingerprint density at radius 3 is 2.71 bits per heavy atom. The van der Waals surface area contributed by atoms with Crippen molar-refractivity contribution in [2.24, 2.45) is 0 Å². The maximum Gasteiger partial charge on any atom is 0.341 e. The lowest BCUT2D eigenvalue weighted by Gasteiger charge is -2.12. The normalized spacial score (nSPS) is 13.2. The molecule has 1 aromatic carbocycles. The molecule has 2 N–H and O–H groups in total. The average Bonchev–Trinajstić information content (AvgIpc) is 2.83. The van der Waals surface area contributed by atoms with Crippen LogP contribution < -0.4 is 10.6 Å². The molecule has 0 atom stereocenters. The highest BCUT2D eigenvalue weighted by Gasteiger charge is 2.26. The minimum Gasteiger partial charge on any atom is -0.465 e. The maximum atomic E-state index is 12.4. The Hall–Kier alpha value is -2.23. The first kappa shape index (κ1) is 20.5. The van der Waals surface area contributed by atoms with Crippen LogP contribution in [0.15, 0.2) is 18.2 Å². The monoisotopic (exact) mass is 439 g/mol. The molecule has 0 radical (unpaired) electrons. The quantitative estimate of drug-likeness (QED) is 0.223. The second-order valence-corrected chi connectivity index (χ2v) is 8.18. The summed E-state index contributed by atoms with van der Waals surface area (Å²) in [5.74, 6) is -0.391. The van der Waals surface area contributed by atoms with E-state index < -0.39 is 10.9 Å². The number of fused-ring (bicyclic) bond motifs is 1. The van der Waals surface area contributed by atoms with Crippen molar-refractivity contribution in [1.82, 2.24) is 0 Å². The number of nitro groups is 1. The topological polar surface area (TPSA) is 93.5 Å². The summed E-state index contributed by atoms with van der Waals surface area (Å²) >= 11 is 13.0. The maximum absolute atomic E-state index is 12.4. The molecule has 0 bridgehead atoms. The predicted octanol–water partition coefficient (Wildman–Crippen LogP) is 5.17. The second kappa shape index (κ2) is 8.85. The Labute approximate surface area is 176 Å². The van der Waals surface area contributed by atoms with Gasteiger partial charge in [0.2, 0.25) is 0 Å². The minimum absolute atomic E-state index is 0.107. The highest BCUT2D eigenvalue weighted by Crippen LogP contribution is 2.38. The number of hydrogen-bond acceptors (Lipinski definition) is 6. The van der Waals surface area contributed by atoms with Gasteiger partial charge in [0.15, 0.2) is 5.11 Å². The van der Waals surface area contributed by atoms with E-state index in [4.69, 9.17) is 28.6 Å². The first-order chi connectivity index (χ1) is 13.4. The number of esters is 1. The third kappa shape index (κ3) is 4.43. The zero-order valence-electron chi connectivity index (χ0n) is 15.0. The van der Waals surface area contributed by atoms with Gasteiger partial charge in [-0.2, -0.15) is 0 Å². The molecule has 28 heavy (non-hydrogen) atoms. The van der Waals surface area contributed by atoms with Gasteiger partial charge in [0.05, 0.1) is 28.3 Å². The first-order valence-corrected chi connectivity index (χ1v) is 10.3. The van der Waals surface area contributed by atoms with Gasteiger partial charge in [0.1, 0.15) is 5.00 Å². The molecule has 3 rings (SSSR count). The number of hydrogen-bond donors (Lipinski definition) is 2. The number of carbonyl (C=O) groups is 1. The van der Waals surface area contributed by atoms with Crippen molar-refractivity contribution in [2.75, 3.05) is 17.7 Å². The molecule has 1 aromatic heterocycles. The number of ether oxygens (including phenoxy) is 1. The zero-order valence-corrected chi connectivity index (χ0v) is 17.4. The Bertz CT molecular complexity index is 945. The van der Waals surface area contributed by atoms with Gasteiger partial charge < -0.3 is 15.4 Å². The Morgan fingerprint density at radius 2 is 2.04 bits per heavy atom. The number of carbonyl (C=O) groups excluding carboxylic acids is 1. The molecule has 7 nitrogen and oxygen atoms in total. The van der Waals surface area contributed by atoms with E-state index in [1.54, 1.807) is 0 Å². The number of rotatable bonds is 4. The molecular formula is C18H18ClN3O4S2. The van der Waals surface area contributed by atoms with Crippen LogP contribution in [0.3, 0.4) is 0 Å². The van der Waals surface area contributed by atoms with E-state index in [1.807, 2.05) is 0 Å². The van der Waals surface area contributed by atoms with Crippen LogP contribution in [0.1, 0.15) is 40.1 Å². The summed E-state index contributed by atoms with van der Waals surface area (Å²) in [7, 11) is 1.36. The summed E-state index contributed by atoms with van der Waals surface area (Å²) in [6.07, 6.45) is 5.04. The van der Waals surface area contributed by atoms with Crippen LogP contribution in [0.25, 0.3) is 0 Å². The molecule has 0 unspecified atom stereocenters. The Kier molecular flexibility index (Phi) is 6.48. The van der Waals surface area contributed by atoms with Gasteiger partial charge in [-0.1, -0.05) is 18.0 Å². The van der Waals surface area contributed by atoms with E-state index in [1.165, 1.54) is 41.5 Å². The second-order valence-electron chi connectivity index (χ2n) is 6.26. The van der Waals surface area contributed by atoms with E-state index in [2.05, 4.69) is 10.6 Å². The Balaban J connectivity index is 1.82. The smallest absolute Gasteiger partial charge is 0.341 e. The Morgan fingerprint density at radius 1 is 1.29 bits per heavy atom. The average molecular weight is 440 g/mol. The number of nitrogens with one attached hydrogen (secondary N) is 2. The molecular weight excluding hydrogens is 422 g/mol. The molecule has 1 aliphatic carbocycles. The van der Waals surface area contributed by atoms with E-state index in [0.29, 0.717) is 16.3 Å². The molecule has 1 heterocycles. The summed E-state index contributed by atoms with van der Waals surface area (Å²) in [4.78, 5) is 23.9. The molecule has 0 saturated carbocycles. The third-order valence-corrected chi connectivity index (χ3v) is 6.17. The van der Waals surface area contributed by atoms with Crippen molar-refractivity contribution >= 4 is 62.6 Å². The highest BCUT2D eigenvalue weighted by molar-refractivity contribution is 7.80. The number of thiophene rings is 1. The van der Waals surface area contributed by atoms with Crippen LogP contribution in [0, 0.1) is 10.1 Å². The number of anilines is 2. The van der Waals surface area contributed by atoms with Crippen molar-refractivity contribution in [1.29, 1.82) is 0 Å². The summed E-state index contributed by atoms with van der Waals surface area (Å²) in [5, 5.41) is 17.9. The number of nitrogens with zero attached hydrogens (tertiary/aromatic N) is 1. The molecule has 0 saturated heterocycles. The summed E-state index contributed by atoms with van der Waals surface area (Å²) in [6.45, 7) is 0. The first-order valence-electron chi connectivity index (χ1n) is 8.65. The number of aryl methyl sites for hydroxylation is 1. The number of nitro benzene ring substituents is 1. The molecule has 0 fully saturated rings. The van der Waals surface area contributed by atoms with Crippen LogP contribution in [0.2, 0.25) is 5.02 Å². The van der Waals surface area contributed by atoms with Gasteiger partial charge in [0, 0.05) is 17.0 Å². The molecule has 1 aliphatic rings. The van der Waals surface area contributed by atoms with Crippen molar-refractivity contribution in [3.05, 3.63) is 49.3 Å². The number of thiocarbonyl (C=S) groups is 1. The highest BCUT2D eigenvalue weighted by atomic mass is 35.5. The summed E-state index contributed by atoms with van der Waals surface area (Å²) in [5.41, 5.74) is 1.89. The summed E-state index contributed by atoms with van der Waals surface area (Å²) < 4.78 is 4.98. The van der Waals surface area contributed by atoms with Crippen molar-refractivity contribution in [3.63, 3.8) is 0 Å². The standard InChI is InChI=1S/C18H18ClN3O4S2/c1-26-17(23)15-11-5-3-2-4-6-14(11)28-16(15)21-18(27)20-13-8-7-10(22(24)25)9-12(13)19/h7-9H,2-6H2,1H3,(H2,20,21,27). The lowest BCUT2D eigenvalue weighted by atomic mass is 10.1. The van der Waals surface area contributed by atoms with Crippen LogP contribution in [-0.4, -0.2) is 23.1 Å². The lowest BCUT2D eigenvalue weighted by molar-refractivity contribution is -0.384. The number of methoxy groups -OCH3 is 1. The summed E-state index contributed by atoms with van der Waals surface area (Å²) in [6, 6.07) is 4.07. The molecule has 0 amide bonds. The molecule has 148 valence electrons. The van der Waals surface area contributed by atoms with Gasteiger partial charge >= 0.3 is 5.97 Å². The van der Waals surface area contributed by atoms with Crippen LogP contribution in [0.5, 0.6) is 0 Å². The van der Waals surface area contributed by atoms with Gasteiger partial charge in [-0.3, -0.25) is 10.1 Å². The lowest BCUT2D eigenvalue weighted by Crippen LogP contribution is -2.20. The van der Waals surface area contributed by atoms with Crippen LogP contribution in [-0.2, 0) is 17.6 Å². The number of benzene rings is 1. The van der Waals surface area contributed by atoms with E-state index in [0.717, 1.165) is 37.7 Å².